The van der Waals surface area contributed by atoms with Crippen LogP contribution in [0.1, 0.15) is 75.0 Å². The fraction of sp³-hybridized carbons (Fsp3) is 0.536. The lowest BCUT2D eigenvalue weighted by Crippen LogP contribution is -2.08. The van der Waals surface area contributed by atoms with Crippen LogP contribution in [0.5, 0.6) is 0 Å². The Morgan fingerprint density at radius 1 is 0.909 bits per heavy atom. The van der Waals surface area contributed by atoms with Gasteiger partial charge in [0, 0.05) is 28.8 Å². The number of fused-ring (bicyclic) bond motifs is 4. The standard InChI is InChI=1S/C28H30N2O3/c29-27-20-3-1-2-15(20)9-18-10-19(12-23(18)27)22-11-16(22)6-14-7-17-13-25-21(4-5-26(25)31)28(30(32)33)24(17)8-14/h9,13-14,16,19,22H,1-8,10-12,29H2/t14?,16?,19?,22-/m0/s1. The summed E-state index contributed by atoms with van der Waals surface area (Å²) in [6.07, 6.45) is 11.0. The average molecular weight is 443 g/mol. The summed E-state index contributed by atoms with van der Waals surface area (Å²) in [5.74, 6) is 2.78. The SMILES string of the molecule is Nc1c2c(cc3c1CC([C@H]1CC1CC1Cc4cc5c(c([N+](=O)[O-])c4C1)CCC5=O)C3)CCC2. The number of carbonyl (C=O) groups is 1. The van der Waals surface area contributed by atoms with E-state index in [4.69, 9.17) is 5.73 Å². The lowest BCUT2D eigenvalue weighted by molar-refractivity contribution is -0.386. The average Bonchev–Trinajstić information content (AvgIpc) is 3.21. The molecule has 0 aliphatic heterocycles. The monoisotopic (exact) mass is 442 g/mol. The second kappa shape index (κ2) is 6.91. The molecule has 0 radical (unpaired) electrons. The highest BCUT2D eigenvalue weighted by molar-refractivity contribution is 6.02. The molecule has 2 aromatic rings. The Labute approximate surface area is 193 Å². The summed E-state index contributed by atoms with van der Waals surface area (Å²) < 4.78 is 0. The minimum absolute atomic E-state index is 0.0765. The molecular weight excluding hydrogens is 412 g/mol. The van der Waals surface area contributed by atoms with Crippen LogP contribution in [0.15, 0.2) is 12.1 Å². The minimum Gasteiger partial charge on any atom is -0.398 e. The maximum Gasteiger partial charge on any atom is 0.276 e. The molecule has 0 aromatic heterocycles. The molecule has 5 aliphatic carbocycles. The third kappa shape index (κ3) is 2.93. The van der Waals surface area contributed by atoms with Gasteiger partial charge in [-0.25, -0.2) is 0 Å². The first-order valence-corrected chi connectivity index (χ1v) is 12.7. The van der Waals surface area contributed by atoms with E-state index in [1.54, 1.807) is 0 Å². The van der Waals surface area contributed by atoms with Gasteiger partial charge in [-0.15, -0.1) is 0 Å². The van der Waals surface area contributed by atoms with Crippen LogP contribution in [0.4, 0.5) is 11.4 Å². The highest BCUT2D eigenvalue weighted by Gasteiger charge is 2.47. The second-order valence-electron chi connectivity index (χ2n) is 11.3. The lowest BCUT2D eigenvalue weighted by Gasteiger charge is -2.12. The van der Waals surface area contributed by atoms with Crippen LogP contribution in [0.2, 0.25) is 0 Å². The fourth-order valence-corrected chi connectivity index (χ4v) is 7.93. The fourth-order valence-electron chi connectivity index (χ4n) is 7.93. The maximum absolute atomic E-state index is 12.3. The van der Waals surface area contributed by atoms with Crippen LogP contribution >= 0.6 is 0 Å². The van der Waals surface area contributed by atoms with E-state index in [1.807, 2.05) is 6.07 Å². The number of nitro benzene ring substituents is 1. The largest absolute Gasteiger partial charge is 0.398 e. The van der Waals surface area contributed by atoms with Crippen molar-refractivity contribution < 1.29 is 9.72 Å². The number of carbonyl (C=O) groups excluding carboxylic acids is 1. The molecule has 2 aromatic carbocycles. The van der Waals surface area contributed by atoms with Gasteiger partial charge in [0.25, 0.3) is 5.69 Å². The molecule has 7 rings (SSSR count). The van der Waals surface area contributed by atoms with E-state index in [0.717, 1.165) is 66.7 Å². The maximum atomic E-state index is 12.3. The van der Waals surface area contributed by atoms with Crippen molar-refractivity contribution in [1.82, 2.24) is 0 Å². The number of Topliss-reactive ketones (excluding diaryl/α,β-unsaturated/α-hetero) is 1. The smallest absolute Gasteiger partial charge is 0.276 e. The van der Waals surface area contributed by atoms with E-state index < -0.39 is 0 Å². The highest BCUT2D eigenvalue weighted by Crippen LogP contribution is 2.54. The van der Waals surface area contributed by atoms with Crippen LogP contribution in [-0.2, 0) is 44.9 Å². The molecule has 5 heteroatoms. The molecule has 1 saturated carbocycles. The number of aryl methyl sites for hydroxylation is 1. The molecule has 5 nitrogen and oxygen atoms in total. The Morgan fingerprint density at radius 2 is 1.76 bits per heavy atom. The summed E-state index contributed by atoms with van der Waals surface area (Å²) in [6, 6.07) is 4.45. The van der Waals surface area contributed by atoms with Crippen molar-refractivity contribution in [3.63, 3.8) is 0 Å². The Hall–Kier alpha value is -2.69. The number of rotatable bonds is 4. The summed E-state index contributed by atoms with van der Waals surface area (Å²) in [7, 11) is 0. The first kappa shape index (κ1) is 19.7. The Balaban J connectivity index is 1.05. The van der Waals surface area contributed by atoms with Crippen molar-refractivity contribution in [3.05, 3.63) is 66.8 Å². The molecule has 5 aliphatic rings. The Bertz CT molecular complexity index is 1250. The summed E-state index contributed by atoms with van der Waals surface area (Å²) in [5.41, 5.74) is 17.1. The van der Waals surface area contributed by atoms with Gasteiger partial charge in [-0.05, 0) is 122 Å². The van der Waals surface area contributed by atoms with Crippen LogP contribution < -0.4 is 5.73 Å². The molecule has 2 N–H and O–H groups in total. The number of nitrogens with zero attached hydrogens (tertiary/aromatic N) is 1. The van der Waals surface area contributed by atoms with Crippen LogP contribution in [-0.4, -0.2) is 10.7 Å². The molecule has 1 fully saturated rings. The zero-order chi connectivity index (χ0) is 22.4. The van der Waals surface area contributed by atoms with Crippen LogP contribution in [0, 0.1) is 33.8 Å². The lowest BCUT2D eigenvalue weighted by atomic mass is 9.93. The number of nitro groups is 1. The number of nitrogen functional groups attached to an aromatic ring is 1. The topological polar surface area (TPSA) is 86.2 Å². The molecule has 4 atom stereocenters. The van der Waals surface area contributed by atoms with Crippen molar-refractivity contribution in [2.45, 2.75) is 70.6 Å². The van der Waals surface area contributed by atoms with Gasteiger partial charge in [0.2, 0.25) is 0 Å². The molecule has 0 saturated heterocycles. The number of benzene rings is 2. The third-order valence-electron chi connectivity index (χ3n) is 9.50. The van der Waals surface area contributed by atoms with E-state index in [0.29, 0.717) is 29.9 Å². The number of nitrogens with two attached hydrogens (primary N) is 1. The van der Waals surface area contributed by atoms with Crippen molar-refractivity contribution in [3.8, 4) is 0 Å². The quantitative estimate of drug-likeness (QED) is 0.412. The molecular formula is C28H30N2O3. The first-order chi connectivity index (χ1) is 16.0. The molecule has 0 heterocycles. The van der Waals surface area contributed by atoms with Crippen molar-refractivity contribution in [1.29, 1.82) is 0 Å². The van der Waals surface area contributed by atoms with Gasteiger partial charge in [0.05, 0.1) is 4.92 Å². The molecule has 3 unspecified atom stereocenters. The minimum atomic E-state index is -0.226. The summed E-state index contributed by atoms with van der Waals surface area (Å²) in [6.45, 7) is 0. The third-order valence-corrected chi connectivity index (χ3v) is 9.50. The summed E-state index contributed by atoms with van der Waals surface area (Å²) in [5, 5.41) is 11.9. The zero-order valence-electron chi connectivity index (χ0n) is 19.0. The molecule has 170 valence electrons. The molecule has 0 bridgehead atoms. The Kier molecular flexibility index (Phi) is 4.13. The van der Waals surface area contributed by atoms with Gasteiger partial charge in [0.1, 0.15) is 0 Å². The van der Waals surface area contributed by atoms with Crippen molar-refractivity contribution >= 4 is 17.2 Å². The number of ketones is 1. The van der Waals surface area contributed by atoms with Crippen molar-refractivity contribution in [2.24, 2.45) is 23.7 Å². The van der Waals surface area contributed by atoms with Crippen LogP contribution in [0.25, 0.3) is 0 Å². The van der Waals surface area contributed by atoms with Crippen LogP contribution in [0.3, 0.4) is 0 Å². The number of hydrogen-bond acceptors (Lipinski definition) is 4. The van der Waals surface area contributed by atoms with Gasteiger partial charge in [-0.2, -0.15) is 0 Å². The van der Waals surface area contributed by atoms with E-state index in [-0.39, 0.29) is 16.4 Å². The highest BCUT2D eigenvalue weighted by atomic mass is 16.6. The van der Waals surface area contributed by atoms with Gasteiger partial charge >= 0.3 is 0 Å². The summed E-state index contributed by atoms with van der Waals surface area (Å²) >= 11 is 0. The zero-order valence-corrected chi connectivity index (χ0v) is 19.0. The van der Waals surface area contributed by atoms with E-state index in [2.05, 4.69) is 6.07 Å². The van der Waals surface area contributed by atoms with Gasteiger partial charge < -0.3 is 5.73 Å². The van der Waals surface area contributed by atoms with Crippen molar-refractivity contribution in [2.75, 3.05) is 5.73 Å². The number of hydrogen-bond donors (Lipinski definition) is 1. The molecule has 33 heavy (non-hydrogen) atoms. The van der Waals surface area contributed by atoms with E-state index >= 15 is 0 Å². The normalized spacial score (nSPS) is 28.5. The van der Waals surface area contributed by atoms with Gasteiger partial charge in [-0.3, -0.25) is 14.9 Å². The van der Waals surface area contributed by atoms with Gasteiger partial charge in [0.15, 0.2) is 5.78 Å². The van der Waals surface area contributed by atoms with E-state index in [9.17, 15) is 14.9 Å². The predicted molar refractivity (Wildman–Crippen MR) is 127 cm³/mol. The Morgan fingerprint density at radius 3 is 2.61 bits per heavy atom. The molecule has 0 amide bonds. The molecule has 0 spiro atoms. The van der Waals surface area contributed by atoms with Gasteiger partial charge in [-0.1, -0.05) is 6.07 Å². The van der Waals surface area contributed by atoms with E-state index in [1.165, 1.54) is 47.9 Å². The number of anilines is 1. The predicted octanol–water partition coefficient (Wildman–Crippen LogP) is 4.95. The summed E-state index contributed by atoms with van der Waals surface area (Å²) in [4.78, 5) is 23.9. The second-order valence-corrected chi connectivity index (χ2v) is 11.3. The first-order valence-electron chi connectivity index (χ1n) is 12.7.